The molecule has 0 atom stereocenters. The lowest BCUT2D eigenvalue weighted by Gasteiger charge is -2.15. The molecule has 5 nitrogen and oxygen atoms in total. The van der Waals surface area contributed by atoms with Crippen LogP contribution in [0.15, 0.2) is 24.5 Å². The highest BCUT2D eigenvalue weighted by Crippen LogP contribution is 2.18. The fourth-order valence-corrected chi connectivity index (χ4v) is 2.14. The van der Waals surface area contributed by atoms with Gasteiger partial charge in [0.15, 0.2) is 0 Å². The first kappa shape index (κ1) is 11.9. The third-order valence-electron chi connectivity index (χ3n) is 2.38. The number of aromatic nitrogens is 3. The van der Waals surface area contributed by atoms with Crippen LogP contribution in [0.25, 0.3) is 0 Å². The normalized spacial score (nSPS) is 10.8. The lowest BCUT2D eigenvalue weighted by molar-refractivity contribution is 0.315. The summed E-state index contributed by atoms with van der Waals surface area (Å²) in [7, 11) is 3.95. The van der Waals surface area contributed by atoms with Crippen LogP contribution in [0.5, 0.6) is 0 Å². The molecular weight excluding hydrogens is 234 g/mol. The quantitative estimate of drug-likeness (QED) is 0.872. The number of anilines is 1. The molecule has 0 saturated heterocycles. The summed E-state index contributed by atoms with van der Waals surface area (Å²) in [5, 5.41) is 8.25. The molecule has 2 aromatic heterocycles. The van der Waals surface area contributed by atoms with Gasteiger partial charge in [-0.15, -0.1) is 5.10 Å². The van der Waals surface area contributed by atoms with Gasteiger partial charge in [-0.05, 0) is 18.7 Å². The van der Waals surface area contributed by atoms with E-state index in [9.17, 15) is 0 Å². The number of pyridine rings is 1. The van der Waals surface area contributed by atoms with Crippen molar-refractivity contribution in [3.8, 4) is 0 Å². The summed E-state index contributed by atoms with van der Waals surface area (Å²) in [4.78, 5) is 6.29. The van der Waals surface area contributed by atoms with Gasteiger partial charge in [0.2, 0.25) is 0 Å². The molecule has 2 aromatic rings. The Labute approximate surface area is 105 Å². The van der Waals surface area contributed by atoms with E-state index < -0.39 is 0 Å². The Morgan fingerprint density at radius 2 is 2.29 bits per heavy atom. The highest BCUT2D eigenvalue weighted by atomic mass is 32.1. The summed E-state index contributed by atoms with van der Waals surface area (Å²) < 4.78 is 3.94. The molecule has 0 spiro atoms. The summed E-state index contributed by atoms with van der Waals surface area (Å²) in [6.45, 7) is 1.64. The number of hydrogen-bond acceptors (Lipinski definition) is 6. The molecule has 0 unspecified atom stereocenters. The topological polar surface area (TPSA) is 53.9 Å². The van der Waals surface area contributed by atoms with Crippen LogP contribution in [0, 0.1) is 0 Å². The first-order valence-electron chi connectivity index (χ1n) is 5.36. The summed E-state index contributed by atoms with van der Waals surface area (Å²) in [6, 6.07) is 4.02. The van der Waals surface area contributed by atoms with E-state index in [0.29, 0.717) is 0 Å². The van der Waals surface area contributed by atoms with Crippen molar-refractivity contribution in [3.05, 3.63) is 35.8 Å². The van der Waals surface area contributed by atoms with E-state index in [2.05, 4.69) is 37.9 Å². The summed E-state index contributed by atoms with van der Waals surface area (Å²) in [5.74, 6) is 0. The predicted octanol–water partition coefficient (Wildman–Crippen LogP) is 1.61. The molecule has 0 amide bonds. The highest BCUT2D eigenvalue weighted by molar-refractivity contribution is 7.10. The second-order valence-corrected chi connectivity index (χ2v) is 4.59. The van der Waals surface area contributed by atoms with Crippen molar-refractivity contribution < 1.29 is 0 Å². The smallest absolute Gasteiger partial charge is 0.134 e. The van der Waals surface area contributed by atoms with Crippen LogP contribution in [0.1, 0.15) is 11.3 Å². The van der Waals surface area contributed by atoms with Crippen LogP contribution < -0.4 is 5.32 Å². The monoisotopic (exact) mass is 249 g/mol. The summed E-state index contributed by atoms with van der Waals surface area (Å²) in [6.07, 6.45) is 3.67. The minimum atomic E-state index is 0.779. The van der Waals surface area contributed by atoms with Gasteiger partial charge in [0.25, 0.3) is 0 Å². The molecule has 0 radical (unpaired) electrons. The molecule has 6 heteroatoms. The van der Waals surface area contributed by atoms with E-state index in [-0.39, 0.29) is 0 Å². The van der Waals surface area contributed by atoms with Crippen LogP contribution in [0.4, 0.5) is 5.00 Å². The average molecular weight is 249 g/mol. The Morgan fingerprint density at radius 1 is 1.41 bits per heavy atom. The maximum atomic E-state index is 4.12. The number of nitrogens with one attached hydrogen (secondary N) is 1. The second-order valence-electron chi connectivity index (χ2n) is 3.83. The van der Waals surface area contributed by atoms with Gasteiger partial charge in [0.1, 0.15) is 10.7 Å². The van der Waals surface area contributed by atoms with E-state index in [1.807, 2.05) is 19.3 Å². The first-order valence-corrected chi connectivity index (χ1v) is 6.13. The minimum Gasteiger partial charge on any atom is -0.377 e. The highest BCUT2D eigenvalue weighted by Gasteiger charge is 2.09. The van der Waals surface area contributed by atoms with Gasteiger partial charge >= 0.3 is 0 Å². The minimum absolute atomic E-state index is 0.779. The molecule has 0 saturated carbocycles. The molecule has 90 valence electrons. The lowest BCUT2D eigenvalue weighted by atomic mass is 10.2. The van der Waals surface area contributed by atoms with E-state index >= 15 is 0 Å². The molecule has 0 aromatic carbocycles. The first-order chi connectivity index (χ1) is 8.29. The predicted molar refractivity (Wildman–Crippen MR) is 68.9 cm³/mol. The van der Waals surface area contributed by atoms with Gasteiger partial charge in [0.05, 0.1) is 0 Å². The molecule has 17 heavy (non-hydrogen) atoms. The number of rotatable bonds is 5. The SMILES string of the molecule is CNc1snnc1CN(C)Cc1cccnc1. The van der Waals surface area contributed by atoms with Crippen molar-refractivity contribution in [2.24, 2.45) is 0 Å². The van der Waals surface area contributed by atoms with Gasteiger partial charge < -0.3 is 5.32 Å². The van der Waals surface area contributed by atoms with Crippen molar-refractivity contribution in [2.75, 3.05) is 19.4 Å². The van der Waals surface area contributed by atoms with Crippen molar-refractivity contribution >= 4 is 16.5 Å². The Morgan fingerprint density at radius 3 is 3.00 bits per heavy atom. The van der Waals surface area contributed by atoms with Crippen LogP contribution in [-0.4, -0.2) is 33.6 Å². The van der Waals surface area contributed by atoms with Gasteiger partial charge in [-0.25, -0.2) is 0 Å². The Balaban J connectivity index is 1.96. The molecule has 0 aliphatic carbocycles. The zero-order chi connectivity index (χ0) is 12.1. The van der Waals surface area contributed by atoms with Gasteiger partial charge in [-0.3, -0.25) is 9.88 Å². The van der Waals surface area contributed by atoms with Crippen LogP contribution in [0.2, 0.25) is 0 Å². The zero-order valence-electron chi connectivity index (χ0n) is 9.92. The van der Waals surface area contributed by atoms with E-state index in [1.54, 1.807) is 6.20 Å². The molecule has 2 rings (SSSR count). The van der Waals surface area contributed by atoms with E-state index in [0.717, 1.165) is 23.8 Å². The van der Waals surface area contributed by atoms with Crippen molar-refractivity contribution in [1.82, 2.24) is 19.5 Å². The second kappa shape index (κ2) is 5.70. The Kier molecular flexibility index (Phi) is 4.00. The van der Waals surface area contributed by atoms with Crippen molar-refractivity contribution in [2.45, 2.75) is 13.1 Å². The fraction of sp³-hybridized carbons (Fsp3) is 0.364. The fourth-order valence-electron chi connectivity index (χ4n) is 1.62. The molecule has 0 bridgehead atoms. The zero-order valence-corrected chi connectivity index (χ0v) is 10.7. The van der Waals surface area contributed by atoms with Crippen LogP contribution >= 0.6 is 11.5 Å². The van der Waals surface area contributed by atoms with E-state index in [4.69, 9.17) is 0 Å². The molecule has 1 N–H and O–H groups in total. The molecular formula is C11H15N5S. The Hall–Kier alpha value is -1.53. The van der Waals surface area contributed by atoms with Crippen LogP contribution in [0.3, 0.4) is 0 Å². The average Bonchev–Trinajstić information content (AvgIpc) is 2.77. The molecule has 0 fully saturated rings. The van der Waals surface area contributed by atoms with Gasteiger partial charge in [-0.1, -0.05) is 10.6 Å². The third kappa shape index (κ3) is 3.21. The maximum Gasteiger partial charge on any atom is 0.134 e. The lowest BCUT2D eigenvalue weighted by Crippen LogP contribution is -2.18. The van der Waals surface area contributed by atoms with Gasteiger partial charge in [0, 0.05) is 44.1 Å². The standard InChI is InChI=1S/C11H15N5S/c1-12-11-10(14-15-17-11)8-16(2)7-9-4-3-5-13-6-9/h3-6,12H,7-8H2,1-2H3. The maximum absolute atomic E-state index is 4.12. The van der Waals surface area contributed by atoms with Crippen molar-refractivity contribution in [1.29, 1.82) is 0 Å². The largest absolute Gasteiger partial charge is 0.377 e. The summed E-state index contributed by atoms with van der Waals surface area (Å²) >= 11 is 1.39. The summed E-state index contributed by atoms with van der Waals surface area (Å²) in [5.41, 5.74) is 2.19. The number of hydrogen-bond donors (Lipinski definition) is 1. The molecule has 0 aliphatic rings. The Bertz CT molecular complexity index is 456. The van der Waals surface area contributed by atoms with E-state index in [1.165, 1.54) is 17.1 Å². The number of nitrogens with zero attached hydrogens (tertiary/aromatic N) is 4. The molecule has 0 aliphatic heterocycles. The molecule has 2 heterocycles. The third-order valence-corrected chi connectivity index (χ3v) is 3.16. The van der Waals surface area contributed by atoms with Crippen molar-refractivity contribution in [3.63, 3.8) is 0 Å². The van der Waals surface area contributed by atoms with Gasteiger partial charge in [-0.2, -0.15) is 0 Å². The van der Waals surface area contributed by atoms with Crippen LogP contribution in [-0.2, 0) is 13.1 Å².